The SMILES string of the molecule is O=C(CCCOc1ccc(C(F)(F)F)cc1)Nc1cccc2cccnc12. The Morgan fingerprint density at radius 2 is 1.78 bits per heavy atom. The van der Waals surface area contributed by atoms with Crippen molar-refractivity contribution < 1.29 is 22.7 Å². The molecule has 1 aromatic heterocycles. The molecule has 7 heteroatoms. The predicted molar refractivity (Wildman–Crippen MR) is 96.5 cm³/mol. The minimum absolute atomic E-state index is 0.177. The van der Waals surface area contributed by atoms with E-state index in [1.54, 1.807) is 12.3 Å². The van der Waals surface area contributed by atoms with Crippen LogP contribution in [0.1, 0.15) is 18.4 Å². The third kappa shape index (κ3) is 4.97. The molecule has 2 aromatic carbocycles. The fourth-order valence-electron chi connectivity index (χ4n) is 2.58. The first kappa shape index (κ1) is 18.7. The molecule has 0 atom stereocenters. The van der Waals surface area contributed by atoms with Crippen LogP contribution in [0.3, 0.4) is 0 Å². The molecule has 0 unspecified atom stereocenters. The fraction of sp³-hybridized carbons (Fsp3) is 0.200. The number of amides is 1. The van der Waals surface area contributed by atoms with Gasteiger partial charge in [-0.1, -0.05) is 18.2 Å². The Hall–Kier alpha value is -3.09. The van der Waals surface area contributed by atoms with E-state index < -0.39 is 11.7 Å². The maximum Gasteiger partial charge on any atom is 0.416 e. The number of ether oxygens (including phenoxy) is 1. The minimum atomic E-state index is -4.37. The molecule has 0 fully saturated rings. The maximum atomic E-state index is 12.5. The van der Waals surface area contributed by atoms with Gasteiger partial charge in [-0.3, -0.25) is 9.78 Å². The summed E-state index contributed by atoms with van der Waals surface area (Å²) in [6, 6.07) is 13.7. The van der Waals surface area contributed by atoms with Gasteiger partial charge >= 0.3 is 6.18 Å². The molecule has 0 aliphatic heterocycles. The number of aromatic nitrogens is 1. The molecule has 0 bridgehead atoms. The van der Waals surface area contributed by atoms with Crippen molar-refractivity contribution in [2.24, 2.45) is 0 Å². The van der Waals surface area contributed by atoms with Crippen molar-refractivity contribution in [1.29, 1.82) is 0 Å². The summed E-state index contributed by atoms with van der Waals surface area (Å²) in [5.41, 5.74) is 0.633. The number of hydrogen-bond acceptors (Lipinski definition) is 3. The molecular weight excluding hydrogens is 357 g/mol. The van der Waals surface area contributed by atoms with E-state index in [1.165, 1.54) is 12.1 Å². The molecule has 0 saturated heterocycles. The molecule has 1 amide bonds. The van der Waals surface area contributed by atoms with Crippen LogP contribution >= 0.6 is 0 Å². The van der Waals surface area contributed by atoms with Crippen LogP contribution < -0.4 is 10.1 Å². The lowest BCUT2D eigenvalue weighted by Gasteiger charge is -2.10. The van der Waals surface area contributed by atoms with E-state index >= 15 is 0 Å². The Kier molecular flexibility index (Phi) is 5.59. The molecule has 3 aromatic rings. The van der Waals surface area contributed by atoms with Gasteiger partial charge in [-0.15, -0.1) is 0 Å². The van der Waals surface area contributed by atoms with Crippen molar-refractivity contribution in [3.8, 4) is 5.75 Å². The van der Waals surface area contributed by atoms with E-state index in [-0.39, 0.29) is 18.9 Å². The third-order valence-electron chi connectivity index (χ3n) is 3.91. The molecule has 27 heavy (non-hydrogen) atoms. The number of hydrogen-bond donors (Lipinski definition) is 1. The zero-order valence-corrected chi connectivity index (χ0v) is 14.3. The number of halogens is 3. The fourth-order valence-corrected chi connectivity index (χ4v) is 2.58. The summed E-state index contributed by atoms with van der Waals surface area (Å²) in [6.07, 6.45) is -2.04. The summed E-state index contributed by atoms with van der Waals surface area (Å²) in [5.74, 6) is 0.158. The molecule has 140 valence electrons. The number of nitrogens with one attached hydrogen (secondary N) is 1. The smallest absolute Gasteiger partial charge is 0.416 e. The van der Waals surface area contributed by atoms with Crippen molar-refractivity contribution in [2.75, 3.05) is 11.9 Å². The van der Waals surface area contributed by atoms with E-state index in [0.717, 1.165) is 17.5 Å². The first-order chi connectivity index (χ1) is 12.9. The second kappa shape index (κ2) is 8.07. The highest BCUT2D eigenvalue weighted by Crippen LogP contribution is 2.30. The second-order valence-electron chi connectivity index (χ2n) is 5.90. The van der Waals surface area contributed by atoms with Crippen LogP contribution in [-0.2, 0) is 11.0 Å². The number of anilines is 1. The van der Waals surface area contributed by atoms with E-state index in [2.05, 4.69) is 10.3 Å². The van der Waals surface area contributed by atoms with Crippen LogP contribution in [0.25, 0.3) is 10.9 Å². The Morgan fingerprint density at radius 1 is 1.04 bits per heavy atom. The maximum absolute atomic E-state index is 12.5. The van der Waals surface area contributed by atoms with Crippen LogP contribution in [-0.4, -0.2) is 17.5 Å². The number of benzene rings is 2. The number of pyridine rings is 1. The van der Waals surface area contributed by atoms with E-state index in [9.17, 15) is 18.0 Å². The number of alkyl halides is 3. The van der Waals surface area contributed by atoms with Gasteiger partial charge in [-0.05, 0) is 42.8 Å². The Morgan fingerprint density at radius 3 is 2.52 bits per heavy atom. The van der Waals surface area contributed by atoms with E-state index in [0.29, 0.717) is 23.4 Å². The van der Waals surface area contributed by atoms with Crippen molar-refractivity contribution in [2.45, 2.75) is 19.0 Å². The summed E-state index contributed by atoms with van der Waals surface area (Å²) < 4.78 is 42.9. The lowest BCUT2D eigenvalue weighted by atomic mass is 10.2. The molecule has 4 nitrogen and oxygen atoms in total. The van der Waals surface area contributed by atoms with E-state index in [4.69, 9.17) is 4.74 Å². The molecule has 0 radical (unpaired) electrons. The molecule has 0 aliphatic rings. The van der Waals surface area contributed by atoms with Gasteiger partial charge in [0, 0.05) is 18.0 Å². The highest BCUT2D eigenvalue weighted by Gasteiger charge is 2.29. The molecule has 0 saturated carbocycles. The Labute approximate surface area is 154 Å². The third-order valence-corrected chi connectivity index (χ3v) is 3.91. The first-order valence-electron chi connectivity index (χ1n) is 8.37. The predicted octanol–water partition coefficient (Wildman–Crippen LogP) is 5.05. The van der Waals surface area contributed by atoms with Gasteiger partial charge in [0.2, 0.25) is 5.91 Å². The Balaban J connectivity index is 1.47. The summed E-state index contributed by atoms with van der Waals surface area (Å²) >= 11 is 0. The van der Waals surface area contributed by atoms with Gasteiger partial charge in [-0.25, -0.2) is 0 Å². The van der Waals surface area contributed by atoms with Gasteiger partial charge in [-0.2, -0.15) is 13.2 Å². The molecular formula is C20H17F3N2O2. The number of para-hydroxylation sites is 1. The standard InChI is InChI=1S/C20H17F3N2O2/c21-20(22,23)15-8-10-16(11-9-15)27-13-3-7-18(26)25-17-6-1-4-14-5-2-12-24-19(14)17/h1-2,4-6,8-12H,3,7,13H2,(H,25,26). The average Bonchev–Trinajstić information content (AvgIpc) is 2.65. The minimum Gasteiger partial charge on any atom is -0.494 e. The van der Waals surface area contributed by atoms with Gasteiger partial charge in [0.05, 0.1) is 23.4 Å². The van der Waals surface area contributed by atoms with E-state index in [1.807, 2.05) is 24.3 Å². The van der Waals surface area contributed by atoms with Crippen molar-refractivity contribution in [1.82, 2.24) is 4.98 Å². The number of nitrogens with zero attached hydrogens (tertiary/aromatic N) is 1. The summed E-state index contributed by atoms with van der Waals surface area (Å²) in [6.45, 7) is 0.229. The van der Waals surface area contributed by atoms with Crippen LogP contribution in [0, 0.1) is 0 Å². The topological polar surface area (TPSA) is 51.2 Å². The Bertz CT molecular complexity index is 919. The summed E-state index contributed by atoms with van der Waals surface area (Å²) in [5, 5.41) is 3.76. The zero-order valence-electron chi connectivity index (χ0n) is 14.3. The second-order valence-corrected chi connectivity index (χ2v) is 5.90. The molecule has 0 aliphatic carbocycles. The number of carbonyl (C=O) groups excluding carboxylic acids is 1. The quantitative estimate of drug-likeness (QED) is 0.614. The van der Waals surface area contributed by atoms with Crippen LogP contribution in [0.2, 0.25) is 0 Å². The lowest BCUT2D eigenvalue weighted by Crippen LogP contribution is -2.13. The molecule has 1 heterocycles. The zero-order chi connectivity index (χ0) is 19.3. The van der Waals surface area contributed by atoms with Crippen LogP contribution in [0.15, 0.2) is 60.8 Å². The van der Waals surface area contributed by atoms with Crippen molar-refractivity contribution in [3.63, 3.8) is 0 Å². The van der Waals surface area contributed by atoms with Crippen molar-refractivity contribution >= 4 is 22.5 Å². The van der Waals surface area contributed by atoms with Crippen LogP contribution in [0.5, 0.6) is 5.75 Å². The highest BCUT2D eigenvalue weighted by atomic mass is 19.4. The summed E-state index contributed by atoms with van der Waals surface area (Å²) in [7, 11) is 0. The van der Waals surface area contributed by atoms with Gasteiger partial charge in [0.1, 0.15) is 5.75 Å². The highest BCUT2D eigenvalue weighted by molar-refractivity contribution is 6.00. The van der Waals surface area contributed by atoms with Gasteiger partial charge in [0.25, 0.3) is 0 Å². The monoisotopic (exact) mass is 374 g/mol. The molecule has 3 rings (SSSR count). The average molecular weight is 374 g/mol. The number of carbonyl (C=O) groups is 1. The normalized spacial score (nSPS) is 11.4. The van der Waals surface area contributed by atoms with Crippen molar-refractivity contribution in [3.05, 3.63) is 66.4 Å². The largest absolute Gasteiger partial charge is 0.494 e. The van der Waals surface area contributed by atoms with Gasteiger partial charge < -0.3 is 10.1 Å². The molecule has 0 spiro atoms. The lowest BCUT2D eigenvalue weighted by molar-refractivity contribution is -0.137. The van der Waals surface area contributed by atoms with Crippen LogP contribution in [0.4, 0.5) is 18.9 Å². The number of fused-ring (bicyclic) bond motifs is 1. The first-order valence-corrected chi connectivity index (χ1v) is 8.37. The number of rotatable bonds is 6. The summed E-state index contributed by atoms with van der Waals surface area (Å²) in [4.78, 5) is 16.4. The molecule has 1 N–H and O–H groups in total. The van der Waals surface area contributed by atoms with Gasteiger partial charge in [0.15, 0.2) is 0 Å².